The highest BCUT2D eigenvalue weighted by molar-refractivity contribution is 7.91. The first-order valence-corrected chi connectivity index (χ1v) is 16.7. The summed E-state index contributed by atoms with van der Waals surface area (Å²) in [5, 5.41) is 3.42. The number of aromatic amines is 1. The van der Waals surface area contributed by atoms with Crippen LogP contribution in [0.4, 0.5) is 5.69 Å². The Kier molecular flexibility index (Phi) is 9.62. The number of nitrogens with two attached hydrogens (primary N) is 3. The minimum atomic E-state index is -3.79. The van der Waals surface area contributed by atoms with Crippen LogP contribution in [0.2, 0.25) is 5.15 Å². The summed E-state index contributed by atoms with van der Waals surface area (Å²) in [6, 6.07) is 17.3. The van der Waals surface area contributed by atoms with Crippen LogP contribution in [-0.4, -0.2) is 36.7 Å². The van der Waals surface area contributed by atoms with Gasteiger partial charge in [-0.05, 0) is 86.5 Å². The van der Waals surface area contributed by atoms with Crippen LogP contribution in [-0.2, 0) is 21.1 Å². The molecule has 4 aromatic rings. The topological polar surface area (TPSA) is 187 Å². The molecule has 10 nitrogen and oxygen atoms in total. The molecule has 45 heavy (non-hydrogen) atoms. The van der Waals surface area contributed by atoms with Gasteiger partial charge in [0.2, 0.25) is 21.7 Å². The molecule has 236 valence electrons. The van der Waals surface area contributed by atoms with Crippen LogP contribution in [0.1, 0.15) is 59.0 Å². The van der Waals surface area contributed by atoms with E-state index in [0.717, 1.165) is 25.7 Å². The van der Waals surface area contributed by atoms with Gasteiger partial charge in [-0.2, -0.15) is 0 Å². The number of rotatable bonds is 10. The summed E-state index contributed by atoms with van der Waals surface area (Å²) in [5.74, 6) is 0.0174. The second kappa shape index (κ2) is 13.4. The summed E-state index contributed by atoms with van der Waals surface area (Å²) in [6.07, 6.45) is 3.49. The van der Waals surface area contributed by atoms with E-state index in [1.165, 1.54) is 0 Å². The normalized spacial score (nSPS) is 17.5. The predicted octanol–water partition coefficient (Wildman–Crippen LogP) is 4.72. The summed E-state index contributed by atoms with van der Waals surface area (Å²) < 4.78 is 26.8. The molecular weight excluding hydrogens is 612 g/mol. The van der Waals surface area contributed by atoms with Crippen LogP contribution in [0.5, 0.6) is 0 Å². The van der Waals surface area contributed by atoms with E-state index in [0.29, 0.717) is 51.9 Å². The molecule has 1 aromatic heterocycles. The lowest BCUT2D eigenvalue weighted by molar-refractivity contribution is -0.127. The third-order valence-corrected chi connectivity index (χ3v) is 10.8. The Bertz CT molecular complexity index is 1800. The molecule has 12 heteroatoms. The molecule has 2 amide bonds. The van der Waals surface area contributed by atoms with Crippen LogP contribution in [0.25, 0.3) is 11.3 Å². The number of carbonyl (C=O) groups is 2. The monoisotopic (exact) mass is 648 g/mol. The van der Waals surface area contributed by atoms with Crippen molar-refractivity contribution in [1.29, 1.82) is 0 Å². The third kappa shape index (κ3) is 6.90. The van der Waals surface area contributed by atoms with Crippen molar-refractivity contribution in [3.8, 4) is 11.3 Å². The van der Waals surface area contributed by atoms with Gasteiger partial charge < -0.3 is 27.5 Å². The number of H-pyrrole nitrogens is 1. The lowest BCUT2D eigenvalue weighted by atomic mass is 9.81. The fourth-order valence-corrected chi connectivity index (χ4v) is 7.64. The summed E-state index contributed by atoms with van der Waals surface area (Å²) in [4.78, 5) is 33.2. The van der Waals surface area contributed by atoms with Crippen LogP contribution in [0, 0.1) is 18.8 Å². The number of nitrogen functional groups attached to an aromatic ring is 1. The quantitative estimate of drug-likeness (QED) is 0.154. The molecule has 1 fully saturated rings. The average molecular weight is 649 g/mol. The first-order chi connectivity index (χ1) is 21.5. The van der Waals surface area contributed by atoms with E-state index in [2.05, 4.69) is 10.3 Å². The fourth-order valence-electron chi connectivity index (χ4n) is 5.86. The lowest BCUT2D eigenvalue weighted by Gasteiger charge is -2.28. The third-order valence-electron chi connectivity index (χ3n) is 8.64. The van der Waals surface area contributed by atoms with Crippen LogP contribution in [0.3, 0.4) is 0 Å². The molecule has 3 aromatic carbocycles. The molecule has 1 aliphatic carbocycles. The Balaban J connectivity index is 1.47. The second-order valence-electron chi connectivity index (χ2n) is 11.5. The van der Waals surface area contributed by atoms with Crippen LogP contribution < -0.4 is 22.5 Å². The number of amides is 2. The van der Waals surface area contributed by atoms with Gasteiger partial charge in [0.15, 0.2) is 0 Å². The maximum Gasteiger partial charge on any atom is 0.248 e. The summed E-state index contributed by atoms with van der Waals surface area (Å²) in [6.45, 7) is 2.29. The number of hydrogen-bond donors (Lipinski definition) is 5. The predicted molar refractivity (Wildman–Crippen MR) is 174 cm³/mol. The zero-order valence-corrected chi connectivity index (χ0v) is 26.5. The Morgan fingerprint density at radius 1 is 1.02 bits per heavy atom. The zero-order valence-electron chi connectivity index (χ0n) is 24.9. The minimum absolute atomic E-state index is 0.103. The lowest BCUT2D eigenvalue weighted by Crippen LogP contribution is -2.37. The van der Waals surface area contributed by atoms with E-state index < -0.39 is 21.8 Å². The van der Waals surface area contributed by atoms with Gasteiger partial charge >= 0.3 is 0 Å². The van der Waals surface area contributed by atoms with Crippen molar-refractivity contribution in [2.45, 2.75) is 54.9 Å². The smallest absolute Gasteiger partial charge is 0.248 e. The fraction of sp³-hybridized carbons (Fsp3) is 0.303. The summed E-state index contributed by atoms with van der Waals surface area (Å²) in [7, 11) is -3.79. The molecule has 0 radical (unpaired) electrons. The Morgan fingerprint density at radius 3 is 2.31 bits per heavy atom. The zero-order chi connectivity index (χ0) is 32.3. The Morgan fingerprint density at radius 2 is 1.69 bits per heavy atom. The number of benzene rings is 3. The summed E-state index contributed by atoms with van der Waals surface area (Å²) >= 11 is 6.61. The first kappa shape index (κ1) is 32.2. The molecule has 0 aliphatic heterocycles. The molecule has 1 unspecified atom stereocenters. The van der Waals surface area contributed by atoms with Gasteiger partial charge in [0.05, 0.1) is 15.8 Å². The standard InChI is InChI=1S/C33H37ClN6O4S/c1-19-27(45(43,44)25-5-3-2-4-6-25)16-15-24(28(19)36)17-26(38-33(42)23-9-7-20(18-35)8-10-23)32-39-29(30(34)40-32)21-11-13-22(14-12-21)31(37)41/h2-6,11-16,20,23,26H,7-10,17-18,35-36H2,1H3,(H2,37,41)(H,38,42)(H,39,40). The number of nitrogens with one attached hydrogen (secondary N) is 2. The Labute approximate surface area is 267 Å². The number of carbonyl (C=O) groups excluding carboxylic acids is 2. The molecule has 5 rings (SSSR count). The SMILES string of the molecule is Cc1c(S(=O)(=O)c2ccccc2)ccc(CC(NC(=O)C2CCC(CN)CC2)c2nc(-c3ccc(C(N)=O)cc3)c(Cl)[nH]2)c1N. The molecule has 0 saturated heterocycles. The highest BCUT2D eigenvalue weighted by Crippen LogP contribution is 2.34. The number of imidazole rings is 1. The van der Waals surface area contributed by atoms with Crippen molar-refractivity contribution in [1.82, 2.24) is 15.3 Å². The van der Waals surface area contributed by atoms with E-state index in [9.17, 15) is 18.0 Å². The molecule has 1 saturated carbocycles. The molecule has 0 spiro atoms. The highest BCUT2D eigenvalue weighted by atomic mass is 35.5. The number of hydrogen-bond acceptors (Lipinski definition) is 7. The summed E-state index contributed by atoms with van der Waals surface area (Å²) in [5.41, 5.74) is 20.6. The van der Waals surface area contributed by atoms with E-state index in [4.69, 9.17) is 33.8 Å². The van der Waals surface area contributed by atoms with Crippen molar-refractivity contribution in [3.63, 3.8) is 0 Å². The molecule has 8 N–H and O–H groups in total. The first-order valence-electron chi connectivity index (χ1n) is 14.8. The minimum Gasteiger partial charge on any atom is -0.398 e. The number of anilines is 1. The van der Waals surface area contributed by atoms with Gasteiger partial charge in [-0.1, -0.05) is 48.0 Å². The number of aromatic nitrogens is 2. The molecule has 1 aliphatic rings. The second-order valence-corrected chi connectivity index (χ2v) is 13.8. The Hall–Kier alpha value is -4.19. The number of nitrogens with zero attached hydrogens (tertiary/aromatic N) is 1. The molecule has 1 atom stereocenters. The number of primary amides is 1. The number of halogens is 1. The van der Waals surface area contributed by atoms with Crippen molar-refractivity contribution < 1.29 is 18.0 Å². The van der Waals surface area contributed by atoms with Gasteiger partial charge in [-0.15, -0.1) is 0 Å². The molecule has 1 heterocycles. The number of sulfone groups is 1. The molecule has 0 bridgehead atoms. The van der Waals surface area contributed by atoms with Crippen molar-refractivity contribution in [3.05, 3.63) is 94.4 Å². The van der Waals surface area contributed by atoms with E-state index in [1.807, 2.05) is 0 Å². The maximum atomic E-state index is 13.6. The largest absolute Gasteiger partial charge is 0.398 e. The molecular formula is C33H37ClN6O4S. The maximum absolute atomic E-state index is 13.6. The van der Waals surface area contributed by atoms with E-state index >= 15 is 0 Å². The van der Waals surface area contributed by atoms with Crippen LogP contribution >= 0.6 is 11.6 Å². The van der Waals surface area contributed by atoms with Gasteiger partial charge in [0, 0.05) is 29.2 Å². The van der Waals surface area contributed by atoms with E-state index in [1.54, 1.807) is 73.7 Å². The van der Waals surface area contributed by atoms with Gasteiger partial charge in [-0.3, -0.25) is 9.59 Å². The van der Waals surface area contributed by atoms with Crippen molar-refractivity contribution >= 4 is 38.9 Å². The van der Waals surface area contributed by atoms with E-state index in [-0.39, 0.29) is 33.2 Å². The highest BCUT2D eigenvalue weighted by Gasteiger charge is 2.30. The van der Waals surface area contributed by atoms with Crippen molar-refractivity contribution in [2.75, 3.05) is 12.3 Å². The van der Waals surface area contributed by atoms with Gasteiger partial charge in [0.1, 0.15) is 16.7 Å². The van der Waals surface area contributed by atoms with Crippen LogP contribution in [0.15, 0.2) is 76.5 Å². The van der Waals surface area contributed by atoms with Crippen molar-refractivity contribution in [2.24, 2.45) is 23.3 Å². The van der Waals surface area contributed by atoms with Gasteiger partial charge in [0.25, 0.3) is 0 Å². The average Bonchev–Trinajstić information content (AvgIpc) is 3.44. The van der Waals surface area contributed by atoms with Gasteiger partial charge in [-0.25, -0.2) is 13.4 Å².